The maximum Gasteiger partial charge on any atom is 0.416 e. The molecule has 0 unspecified atom stereocenters. The van der Waals surface area contributed by atoms with E-state index < -0.39 is 17.6 Å². The van der Waals surface area contributed by atoms with Gasteiger partial charge in [-0.05, 0) is 35.9 Å². The van der Waals surface area contributed by atoms with Crippen LogP contribution in [0.5, 0.6) is 11.5 Å². The van der Waals surface area contributed by atoms with Crippen LogP contribution in [0.3, 0.4) is 0 Å². The normalized spacial score (nSPS) is 11.1. The first kappa shape index (κ1) is 25.0. The van der Waals surface area contributed by atoms with Crippen molar-refractivity contribution in [2.45, 2.75) is 25.6 Å². The van der Waals surface area contributed by atoms with Crippen molar-refractivity contribution in [3.8, 4) is 11.5 Å². The van der Waals surface area contributed by atoms with E-state index >= 15 is 0 Å². The molecule has 1 N–H and O–H groups in total. The van der Waals surface area contributed by atoms with Crippen LogP contribution in [-0.2, 0) is 22.3 Å². The number of amides is 2. The highest BCUT2D eigenvalue weighted by Crippen LogP contribution is 2.31. The first-order valence-corrected chi connectivity index (χ1v) is 11.0. The van der Waals surface area contributed by atoms with Crippen LogP contribution in [0.2, 0.25) is 0 Å². The second-order valence-electron chi connectivity index (χ2n) is 7.11. The maximum atomic E-state index is 13.0. The van der Waals surface area contributed by atoms with E-state index in [2.05, 4.69) is 10.3 Å². The molecule has 1 heterocycles. The largest absolute Gasteiger partial charge is 0.493 e. The van der Waals surface area contributed by atoms with Gasteiger partial charge >= 0.3 is 6.18 Å². The molecule has 0 fully saturated rings. The molecular weight excluding hydrogens is 471 g/mol. The highest BCUT2D eigenvalue weighted by atomic mass is 32.1. The van der Waals surface area contributed by atoms with Crippen molar-refractivity contribution in [3.63, 3.8) is 0 Å². The van der Waals surface area contributed by atoms with Gasteiger partial charge in [-0.15, -0.1) is 11.3 Å². The number of rotatable bonds is 9. The quantitative estimate of drug-likeness (QED) is 0.447. The molecule has 34 heavy (non-hydrogen) atoms. The number of ether oxygens (including phenoxy) is 2. The van der Waals surface area contributed by atoms with Crippen molar-refractivity contribution in [2.75, 3.05) is 24.4 Å². The molecule has 0 aliphatic rings. The zero-order chi connectivity index (χ0) is 24.7. The monoisotopic (exact) mass is 493 g/mol. The maximum absolute atomic E-state index is 13.0. The highest BCUT2D eigenvalue weighted by Gasteiger charge is 2.30. The molecule has 0 saturated carbocycles. The molecule has 2 amide bonds. The zero-order valence-electron chi connectivity index (χ0n) is 18.4. The number of carbonyl (C=O) groups excluding carboxylic acids is 2. The Bertz CT molecular complexity index is 1140. The van der Waals surface area contributed by atoms with Gasteiger partial charge in [0.05, 0.1) is 26.3 Å². The lowest BCUT2D eigenvalue weighted by Gasteiger charge is -2.21. The Labute approximate surface area is 198 Å². The molecule has 7 nitrogen and oxygen atoms in total. The third-order valence-corrected chi connectivity index (χ3v) is 5.57. The summed E-state index contributed by atoms with van der Waals surface area (Å²) >= 11 is 1.27. The van der Waals surface area contributed by atoms with Crippen LogP contribution in [0.25, 0.3) is 0 Å². The number of alkyl halides is 3. The van der Waals surface area contributed by atoms with Crippen LogP contribution < -0.4 is 19.7 Å². The van der Waals surface area contributed by atoms with Gasteiger partial charge in [-0.25, -0.2) is 4.98 Å². The van der Waals surface area contributed by atoms with Crippen molar-refractivity contribution in [1.82, 2.24) is 4.98 Å². The number of nitrogens with zero attached hydrogens (tertiary/aromatic N) is 2. The first-order chi connectivity index (χ1) is 16.2. The summed E-state index contributed by atoms with van der Waals surface area (Å²) in [7, 11) is 3.03. The number of hydrogen-bond donors (Lipinski definition) is 1. The van der Waals surface area contributed by atoms with Gasteiger partial charge < -0.3 is 14.8 Å². The number of anilines is 2. The van der Waals surface area contributed by atoms with Gasteiger partial charge in [0.2, 0.25) is 11.8 Å². The lowest BCUT2D eigenvalue weighted by atomic mass is 10.1. The van der Waals surface area contributed by atoms with Crippen molar-refractivity contribution in [1.29, 1.82) is 0 Å². The molecular formula is C23H22F3N3O4S. The molecule has 0 aliphatic heterocycles. The molecule has 0 aliphatic carbocycles. The van der Waals surface area contributed by atoms with E-state index in [0.717, 1.165) is 17.7 Å². The highest BCUT2D eigenvalue weighted by molar-refractivity contribution is 7.13. The summed E-state index contributed by atoms with van der Waals surface area (Å²) in [6.45, 7) is 0.182. The van der Waals surface area contributed by atoms with Crippen molar-refractivity contribution < 1.29 is 32.2 Å². The molecule has 2 aromatic carbocycles. The molecule has 0 atom stereocenters. The van der Waals surface area contributed by atoms with E-state index in [-0.39, 0.29) is 31.0 Å². The minimum atomic E-state index is -4.52. The standard InChI is InChI=1S/C23H22F3N3O4S/c1-32-18-7-6-15(12-19(18)33-2)14-29(22-27-10-11-34-22)21(31)9-8-20(30)28-17-5-3-4-16(13-17)23(24,25)26/h3-7,10-13H,8-9,14H2,1-2H3,(H,28,30). The van der Waals surface area contributed by atoms with Gasteiger partial charge in [-0.1, -0.05) is 12.1 Å². The summed E-state index contributed by atoms with van der Waals surface area (Å²) in [4.78, 5) is 30.9. The zero-order valence-corrected chi connectivity index (χ0v) is 19.2. The molecule has 1 aromatic heterocycles. The fourth-order valence-electron chi connectivity index (χ4n) is 3.13. The Hall–Kier alpha value is -3.60. The second kappa shape index (κ2) is 11.0. The Morgan fingerprint density at radius 3 is 2.47 bits per heavy atom. The van der Waals surface area contributed by atoms with Crippen LogP contribution in [-0.4, -0.2) is 31.0 Å². The summed E-state index contributed by atoms with van der Waals surface area (Å²) < 4.78 is 49.1. The predicted octanol–water partition coefficient (Wildman–Crippen LogP) is 5.13. The Morgan fingerprint density at radius 2 is 1.82 bits per heavy atom. The lowest BCUT2D eigenvalue weighted by Crippen LogP contribution is -2.31. The smallest absolute Gasteiger partial charge is 0.416 e. The molecule has 3 aromatic rings. The molecule has 0 bridgehead atoms. The molecule has 0 saturated heterocycles. The van der Waals surface area contributed by atoms with Crippen molar-refractivity contribution in [2.24, 2.45) is 0 Å². The van der Waals surface area contributed by atoms with E-state index in [4.69, 9.17) is 9.47 Å². The van der Waals surface area contributed by atoms with Gasteiger partial charge in [0.25, 0.3) is 0 Å². The van der Waals surface area contributed by atoms with Gasteiger partial charge in [0, 0.05) is 30.1 Å². The Balaban J connectivity index is 1.67. The summed E-state index contributed by atoms with van der Waals surface area (Å²) in [6, 6.07) is 9.58. The fraction of sp³-hybridized carbons (Fsp3) is 0.261. The molecule has 0 radical (unpaired) electrons. The van der Waals surface area contributed by atoms with Crippen molar-refractivity contribution in [3.05, 3.63) is 65.2 Å². The minimum Gasteiger partial charge on any atom is -0.493 e. The minimum absolute atomic E-state index is 0.00869. The fourth-order valence-corrected chi connectivity index (χ4v) is 3.78. The molecule has 180 valence electrons. The Kier molecular flexibility index (Phi) is 8.11. The Morgan fingerprint density at radius 1 is 1.06 bits per heavy atom. The predicted molar refractivity (Wildman–Crippen MR) is 122 cm³/mol. The number of benzene rings is 2. The summed E-state index contributed by atoms with van der Waals surface area (Å²) in [5.41, 5.74) is -0.102. The van der Waals surface area contributed by atoms with Gasteiger partial charge in [-0.2, -0.15) is 13.2 Å². The number of methoxy groups -OCH3 is 2. The van der Waals surface area contributed by atoms with Gasteiger partial charge in [-0.3, -0.25) is 14.5 Å². The van der Waals surface area contributed by atoms with Gasteiger partial charge in [0.15, 0.2) is 16.6 Å². The van der Waals surface area contributed by atoms with Crippen LogP contribution in [0.1, 0.15) is 24.0 Å². The number of aromatic nitrogens is 1. The molecule has 0 spiro atoms. The molecule has 3 rings (SSSR count). The number of hydrogen-bond acceptors (Lipinski definition) is 6. The summed E-state index contributed by atoms with van der Waals surface area (Å²) in [6.07, 6.45) is -3.31. The van der Waals surface area contributed by atoms with Crippen molar-refractivity contribution >= 4 is 34.0 Å². The SMILES string of the molecule is COc1ccc(CN(C(=O)CCC(=O)Nc2cccc(C(F)(F)F)c2)c2nccs2)cc1OC. The van der Waals surface area contributed by atoms with Crippen LogP contribution in [0, 0.1) is 0 Å². The van der Waals surface area contributed by atoms with E-state index in [9.17, 15) is 22.8 Å². The van der Waals surface area contributed by atoms with E-state index in [1.54, 1.807) is 29.8 Å². The lowest BCUT2D eigenvalue weighted by molar-refractivity contribution is -0.137. The van der Waals surface area contributed by atoms with E-state index in [1.165, 1.54) is 42.6 Å². The van der Waals surface area contributed by atoms with Gasteiger partial charge in [0.1, 0.15) is 0 Å². The average molecular weight is 494 g/mol. The topological polar surface area (TPSA) is 80.8 Å². The van der Waals surface area contributed by atoms with E-state index in [0.29, 0.717) is 16.6 Å². The number of thiazole rings is 1. The average Bonchev–Trinajstić information content (AvgIpc) is 3.35. The number of halogens is 3. The first-order valence-electron chi connectivity index (χ1n) is 10.1. The molecule has 11 heteroatoms. The van der Waals surface area contributed by atoms with E-state index in [1.807, 2.05) is 0 Å². The summed E-state index contributed by atoms with van der Waals surface area (Å²) in [5, 5.41) is 4.59. The summed E-state index contributed by atoms with van der Waals surface area (Å²) in [5.74, 6) is 0.124. The second-order valence-corrected chi connectivity index (χ2v) is 7.98. The number of carbonyl (C=O) groups is 2. The van der Waals surface area contributed by atoms with Crippen LogP contribution in [0.15, 0.2) is 54.0 Å². The van der Waals surface area contributed by atoms with Crippen LogP contribution >= 0.6 is 11.3 Å². The third kappa shape index (κ3) is 6.47. The van der Waals surface area contributed by atoms with Crippen LogP contribution in [0.4, 0.5) is 24.0 Å². The number of nitrogens with one attached hydrogen (secondary N) is 1. The third-order valence-electron chi connectivity index (χ3n) is 4.78.